The van der Waals surface area contributed by atoms with E-state index in [4.69, 9.17) is 0 Å². The number of rotatable bonds is 7. The Bertz CT molecular complexity index is 714. The molecule has 0 fully saturated rings. The van der Waals surface area contributed by atoms with Crippen molar-refractivity contribution in [1.82, 2.24) is 20.9 Å². The molecule has 0 unspecified atom stereocenters. The van der Waals surface area contributed by atoms with Crippen LogP contribution in [0.5, 0.6) is 0 Å². The average molecular weight is 424 g/mol. The lowest BCUT2D eigenvalue weighted by Gasteiger charge is -2.12. The topological polar surface area (TPSA) is 78.4 Å². The smallest absolute Gasteiger partial charge is 0.251 e. The molecule has 3 N–H and O–H groups in total. The van der Waals surface area contributed by atoms with Gasteiger partial charge in [0.1, 0.15) is 0 Å². The second-order valence-electron chi connectivity index (χ2n) is 5.30. The number of aromatic nitrogens is 1. The molecule has 8 heteroatoms. The SMILES string of the molecule is CN=C(NCCNC(=O)c1ccc(Br)cc1)NCCc1csc(C)n1. The molecule has 2 rings (SSSR count). The maximum Gasteiger partial charge on any atom is 0.251 e. The van der Waals surface area contributed by atoms with Gasteiger partial charge in [0.15, 0.2) is 5.96 Å². The standard InChI is InChI=1S/C17H22BrN5OS/c1-12-23-15(11-25-12)7-8-21-17(19-2)22-10-9-20-16(24)13-3-5-14(18)6-4-13/h3-6,11H,7-10H2,1-2H3,(H,20,24)(H2,19,21,22). The molecule has 25 heavy (non-hydrogen) atoms. The fraction of sp³-hybridized carbons (Fsp3) is 0.353. The van der Waals surface area contributed by atoms with Crippen LogP contribution in [-0.2, 0) is 6.42 Å². The highest BCUT2D eigenvalue weighted by atomic mass is 79.9. The van der Waals surface area contributed by atoms with E-state index < -0.39 is 0 Å². The first-order valence-electron chi connectivity index (χ1n) is 7.98. The maximum absolute atomic E-state index is 12.0. The van der Waals surface area contributed by atoms with Gasteiger partial charge in [-0.15, -0.1) is 11.3 Å². The van der Waals surface area contributed by atoms with Gasteiger partial charge in [-0.2, -0.15) is 0 Å². The molecule has 0 atom stereocenters. The number of hydrogen-bond donors (Lipinski definition) is 3. The van der Waals surface area contributed by atoms with Crippen molar-refractivity contribution in [2.75, 3.05) is 26.7 Å². The fourth-order valence-corrected chi connectivity index (χ4v) is 3.02. The molecule has 1 heterocycles. The van der Waals surface area contributed by atoms with Crippen LogP contribution in [-0.4, -0.2) is 43.5 Å². The van der Waals surface area contributed by atoms with Gasteiger partial charge in [0.2, 0.25) is 0 Å². The van der Waals surface area contributed by atoms with Gasteiger partial charge in [0.25, 0.3) is 5.91 Å². The molecule has 0 radical (unpaired) electrons. The number of nitrogens with zero attached hydrogens (tertiary/aromatic N) is 2. The molecule has 1 aromatic carbocycles. The van der Waals surface area contributed by atoms with E-state index in [0.29, 0.717) is 24.6 Å². The number of nitrogens with one attached hydrogen (secondary N) is 3. The first kappa shape index (κ1) is 19.4. The van der Waals surface area contributed by atoms with E-state index in [1.807, 2.05) is 19.1 Å². The Balaban J connectivity index is 1.63. The highest BCUT2D eigenvalue weighted by Crippen LogP contribution is 2.10. The van der Waals surface area contributed by atoms with Gasteiger partial charge in [0.05, 0.1) is 10.7 Å². The van der Waals surface area contributed by atoms with E-state index >= 15 is 0 Å². The van der Waals surface area contributed by atoms with Gasteiger partial charge >= 0.3 is 0 Å². The Morgan fingerprint density at radius 1 is 1.16 bits per heavy atom. The molecule has 134 valence electrons. The highest BCUT2D eigenvalue weighted by Gasteiger charge is 2.04. The third-order valence-electron chi connectivity index (χ3n) is 3.37. The zero-order valence-corrected chi connectivity index (χ0v) is 16.7. The molecular weight excluding hydrogens is 402 g/mol. The lowest BCUT2D eigenvalue weighted by atomic mass is 10.2. The number of benzene rings is 1. The molecule has 0 aliphatic rings. The summed E-state index contributed by atoms with van der Waals surface area (Å²) in [5.41, 5.74) is 1.73. The number of hydrogen-bond acceptors (Lipinski definition) is 4. The van der Waals surface area contributed by atoms with E-state index in [9.17, 15) is 4.79 Å². The monoisotopic (exact) mass is 423 g/mol. The molecule has 0 bridgehead atoms. The summed E-state index contributed by atoms with van der Waals surface area (Å²) in [7, 11) is 1.72. The van der Waals surface area contributed by atoms with Crippen LogP contribution in [0, 0.1) is 6.92 Å². The first-order valence-corrected chi connectivity index (χ1v) is 9.65. The van der Waals surface area contributed by atoms with E-state index in [-0.39, 0.29) is 5.91 Å². The van der Waals surface area contributed by atoms with Crippen molar-refractivity contribution < 1.29 is 4.79 Å². The molecule has 0 aliphatic carbocycles. The molecule has 6 nitrogen and oxygen atoms in total. The van der Waals surface area contributed by atoms with E-state index in [1.165, 1.54) is 0 Å². The van der Waals surface area contributed by atoms with Crippen molar-refractivity contribution >= 4 is 39.1 Å². The minimum Gasteiger partial charge on any atom is -0.356 e. The first-order chi connectivity index (χ1) is 12.1. The molecule has 1 amide bonds. The van der Waals surface area contributed by atoms with Gasteiger partial charge in [0, 0.05) is 48.5 Å². The molecule has 2 aromatic rings. The van der Waals surface area contributed by atoms with Crippen molar-refractivity contribution in [2.45, 2.75) is 13.3 Å². The van der Waals surface area contributed by atoms with Crippen molar-refractivity contribution in [3.05, 3.63) is 50.4 Å². The lowest BCUT2D eigenvalue weighted by molar-refractivity contribution is 0.0954. The van der Waals surface area contributed by atoms with E-state index in [2.05, 4.69) is 47.2 Å². The minimum absolute atomic E-state index is 0.0869. The summed E-state index contributed by atoms with van der Waals surface area (Å²) in [6.07, 6.45) is 0.853. The molecule has 0 aliphatic heterocycles. The Kier molecular flexibility index (Phi) is 7.87. The number of halogens is 1. The highest BCUT2D eigenvalue weighted by molar-refractivity contribution is 9.10. The zero-order valence-electron chi connectivity index (χ0n) is 14.3. The summed E-state index contributed by atoms with van der Waals surface area (Å²) in [4.78, 5) is 20.6. The molecule has 0 spiro atoms. The number of aryl methyl sites for hydroxylation is 1. The van der Waals surface area contributed by atoms with Gasteiger partial charge in [-0.3, -0.25) is 9.79 Å². The van der Waals surface area contributed by atoms with Crippen LogP contribution < -0.4 is 16.0 Å². The van der Waals surface area contributed by atoms with Crippen molar-refractivity contribution in [2.24, 2.45) is 4.99 Å². The van der Waals surface area contributed by atoms with Crippen molar-refractivity contribution in [3.8, 4) is 0 Å². The third-order valence-corrected chi connectivity index (χ3v) is 4.72. The number of amides is 1. The average Bonchev–Trinajstić information content (AvgIpc) is 3.02. The third kappa shape index (κ3) is 6.83. The van der Waals surface area contributed by atoms with Gasteiger partial charge in [-0.05, 0) is 31.2 Å². The van der Waals surface area contributed by atoms with Crippen molar-refractivity contribution in [1.29, 1.82) is 0 Å². The summed E-state index contributed by atoms with van der Waals surface area (Å²) >= 11 is 5.01. The molecule has 1 aromatic heterocycles. The number of carbonyl (C=O) groups is 1. The summed E-state index contributed by atoms with van der Waals surface area (Å²) in [6.45, 7) is 3.87. The fourth-order valence-electron chi connectivity index (χ4n) is 2.11. The van der Waals surface area contributed by atoms with Crippen LogP contribution in [0.4, 0.5) is 0 Å². The largest absolute Gasteiger partial charge is 0.356 e. The second kappa shape index (κ2) is 10.1. The predicted molar refractivity (Wildman–Crippen MR) is 106 cm³/mol. The van der Waals surface area contributed by atoms with Crippen LogP contribution in [0.1, 0.15) is 21.1 Å². The Morgan fingerprint density at radius 2 is 1.84 bits per heavy atom. The summed E-state index contributed by atoms with van der Waals surface area (Å²) < 4.78 is 0.952. The summed E-state index contributed by atoms with van der Waals surface area (Å²) in [5.74, 6) is 0.626. The number of guanidine groups is 1. The van der Waals surface area contributed by atoms with Crippen LogP contribution in [0.25, 0.3) is 0 Å². The maximum atomic E-state index is 12.0. The van der Waals surface area contributed by atoms with Gasteiger partial charge in [-0.25, -0.2) is 4.98 Å². The second-order valence-corrected chi connectivity index (χ2v) is 7.27. The van der Waals surface area contributed by atoms with Crippen LogP contribution in [0.15, 0.2) is 39.1 Å². The van der Waals surface area contributed by atoms with Crippen LogP contribution in [0.2, 0.25) is 0 Å². The normalized spacial score (nSPS) is 11.2. The lowest BCUT2D eigenvalue weighted by Crippen LogP contribution is -2.42. The Labute approximate surface area is 160 Å². The Morgan fingerprint density at radius 3 is 2.48 bits per heavy atom. The Hall–Kier alpha value is -1.93. The van der Waals surface area contributed by atoms with Gasteiger partial charge in [-0.1, -0.05) is 15.9 Å². The number of aliphatic imine (C=N–C) groups is 1. The number of carbonyl (C=O) groups excluding carboxylic acids is 1. The van der Waals surface area contributed by atoms with E-state index in [0.717, 1.165) is 28.1 Å². The molecule has 0 saturated carbocycles. The van der Waals surface area contributed by atoms with Crippen LogP contribution in [0.3, 0.4) is 0 Å². The number of thiazole rings is 1. The predicted octanol–water partition coefficient (Wildman–Crippen LogP) is 2.35. The summed E-state index contributed by atoms with van der Waals surface area (Å²) in [5, 5.41) is 12.4. The quantitative estimate of drug-likeness (QED) is 0.362. The zero-order chi connectivity index (χ0) is 18.1. The van der Waals surface area contributed by atoms with Crippen LogP contribution >= 0.6 is 27.3 Å². The molecule has 0 saturated heterocycles. The molecular formula is C17H22BrN5OS. The van der Waals surface area contributed by atoms with Gasteiger partial charge < -0.3 is 16.0 Å². The minimum atomic E-state index is -0.0869. The van der Waals surface area contributed by atoms with Crippen molar-refractivity contribution in [3.63, 3.8) is 0 Å². The summed E-state index contributed by atoms with van der Waals surface area (Å²) in [6, 6.07) is 7.27. The van der Waals surface area contributed by atoms with E-state index in [1.54, 1.807) is 30.5 Å².